The maximum atomic E-state index is 12.0. The molecule has 0 aromatic carbocycles. The van der Waals surface area contributed by atoms with Crippen molar-refractivity contribution in [2.24, 2.45) is 17.6 Å². The first-order chi connectivity index (χ1) is 8.43. The molecule has 18 heavy (non-hydrogen) atoms. The molecule has 0 saturated carbocycles. The minimum absolute atomic E-state index is 0.0523. The van der Waals surface area contributed by atoms with Crippen LogP contribution in [0.25, 0.3) is 0 Å². The highest BCUT2D eigenvalue weighted by atomic mass is 16.5. The number of nitriles is 1. The van der Waals surface area contributed by atoms with Gasteiger partial charge in [0.25, 0.3) is 0 Å². The van der Waals surface area contributed by atoms with E-state index in [1.807, 2.05) is 19.9 Å². The summed E-state index contributed by atoms with van der Waals surface area (Å²) >= 11 is 0. The summed E-state index contributed by atoms with van der Waals surface area (Å²) in [5.41, 5.74) is 6.37. The number of hydrogen-bond donors (Lipinski definition) is 1. The lowest BCUT2D eigenvalue weighted by Crippen LogP contribution is -2.29. The molecular formula is C13H18N2O3. The quantitative estimate of drug-likeness (QED) is 0.772. The molecule has 0 amide bonds. The van der Waals surface area contributed by atoms with Crippen LogP contribution < -0.4 is 5.73 Å². The summed E-state index contributed by atoms with van der Waals surface area (Å²) in [6.07, 6.45) is 0. The molecule has 0 aromatic heterocycles. The number of nitrogens with two attached hydrogens (primary N) is 1. The Morgan fingerprint density at radius 2 is 2.22 bits per heavy atom. The van der Waals surface area contributed by atoms with Crippen LogP contribution >= 0.6 is 0 Å². The molecule has 98 valence electrons. The maximum absolute atomic E-state index is 12.0. The van der Waals surface area contributed by atoms with E-state index in [2.05, 4.69) is 0 Å². The fraction of sp³-hybridized carbons (Fsp3) is 0.538. The highest BCUT2D eigenvalue weighted by Crippen LogP contribution is 2.36. The number of ether oxygens (including phenoxy) is 2. The van der Waals surface area contributed by atoms with Crippen molar-refractivity contribution in [2.45, 2.75) is 27.7 Å². The van der Waals surface area contributed by atoms with Crippen molar-refractivity contribution in [2.75, 3.05) is 6.61 Å². The van der Waals surface area contributed by atoms with E-state index in [0.29, 0.717) is 16.9 Å². The van der Waals surface area contributed by atoms with Crippen molar-refractivity contribution in [1.82, 2.24) is 0 Å². The lowest BCUT2D eigenvalue weighted by molar-refractivity contribution is -0.139. The van der Waals surface area contributed by atoms with Gasteiger partial charge in [-0.1, -0.05) is 13.8 Å². The first kappa shape index (κ1) is 14.1. The van der Waals surface area contributed by atoms with Gasteiger partial charge >= 0.3 is 5.97 Å². The molecule has 1 aliphatic heterocycles. The van der Waals surface area contributed by atoms with Gasteiger partial charge in [-0.05, 0) is 19.8 Å². The summed E-state index contributed by atoms with van der Waals surface area (Å²) in [5.74, 6) is -0.293. The van der Waals surface area contributed by atoms with Crippen LogP contribution in [0, 0.1) is 23.2 Å². The lowest BCUT2D eigenvalue weighted by atomic mass is 9.80. The van der Waals surface area contributed by atoms with Gasteiger partial charge in [0.1, 0.15) is 11.8 Å². The smallest absolute Gasteiger partial charge is 0.338 e. The Morgan fingerprint density at radius 1 is 1.61 bits per heavy atom. The van der Waals surface area contributed by atoms with E-state index < -0.39 is 5.97 Å². The van der Waals surface area contributed by atoms with Crippen LogP contribution in [-0.4, -0.2) is 12.6 Å². The van der Waals surface area contributed by atoms with Crippen molar-refractivity contribution in [3.63, 3.8) is 0 Å². The molecule has 0 unspecified atom stereocenters. The van der Waals surface area contributed by atoms with E-state index in [-0.39, 0.29) is 24.3 Å². The Labute approximate surface area is 107 Å². The number of hydrogen-bond acceptors (Lipinski definition) is 5. The summed E-state index contributed by atoms with van der Waals surface area (Å²) in [4.78, 5) is 12.0. The van der Waals surface area contributed by atoms with E-state index in [1.54, 1.807) is 13.8 Å². The molecule has 5 heteroatoms. The van der Waals surface area contributed by atoms with Crippen LogP contribution in [0.3, 0.4) is 0 Å². The fourth-order valence-corrected chi connectivity index (χ4v) is 2.06. The zero-order valence-corrected chi connectivity index (χ0v) is 11.1. The average Bonchev–Trinajstić information content (AvgIpc) is 2.27. The number of carbonyl (C=O) groups excluding carboxylic acids is 1. The van der Waals surface area contributed by atoms with Crippen LogP contribution in [0.4, 0.5) is 0 Å². The molecule has 0 bridgehead atoms. The molecule has 1 rings (SSSR count). The van der Waals surface area contributed by atoms with Gasteiger partial charge in [0, 0.05) is 5.92 Å². The van der Waals surface area contributed by atoms with Gasteiger partial charge in [-0.3, -0.25) is 0 Å². The highest BCUT2D eigenvalue weighted by Gasteiger charge is 2.36. The second-order valence-electron chi connectivity index (χ2n) is 4.40. The molecular weight excluding hydrogens is 232 g/mol. The Balaban J connectivity index is 3.26. The largest absolute Gasteiger partial charge is 0.463 e. The lowest BCUT2D eigenvalue weighted by Gasteiger charge is -2.28. The van der Waals surface area contributed by atoms with Crippen molar-refractivity contribution in [1.29, 1.82) is 5.26 Å². The maximum Gasteiger partial charge on any atom is 0.338 e. The normalized spacial score (nSPS) is 19.7. The Bertz CT molecular complexity index is 455. The third-order valence-corrected chi connectivity index (χ3v) is 2.81. The third-order valence-electron chi connectivity index (χ3n) is 2.81. The van der Waals surface area contributed by atoms with Crippen LogP contribution in [0.2, 0.25) is 0 Å². The van der Waals surface area contributed by atoms with E-state index in [0.717, 1.165) is 0 Å². The standard InChI is InChI=1S/C13H18N2O3/c1-5-17-13(16)11-8(4)18-12(15)9(6-14)10(11)7(2)3/h7,10H,5,15H2,1-4H3/t10-/m0/s1. The van der Waals surface area contributed by atoms with Crippen LogP contribution in [-0.2, 0) is 14.3 Å². The van der Waals surface area contributed by atoms with E-state index in [1.165, 1.54) is 0 Å². The van der Waals surface area contributed by atoms with E-state index in [4.69, 9.17) is 20.5 Å². The molecule has 0 fully saturated rings. The molecule has 2 N–H and O–H groups in total. The minimum Gasteiger partial charge on any atom is -0.463 e. The second kappa shape index (κ2) is 5.58. The number of nitrogens with zero attached hydrogens (tertiary/aromatic N) is 1. The zero-order valence-electron chi connectivity index (χ0n) is 11.1. The summed E-state index contributed by atoms with van der Waals surface area (Å²) in [7, 11) is 0. The molecule has 5 nitrogen and oxygen atoms in total. The van der Waals surface area contributed by atoms with Gasteiger partial charge in [0.2, 0.25) is 5.88 Å². The number of esters is 1. The van der Waals surface area contributed by atoms with Crippen molar-refractivity contribution >= 4 is 5.97 Å². The fourth-order valence-electron chi connectivity index (χ4n) is 2.06. The van der Waals surface area contributed by atoms with E-state index in [9.17, 15) is 4.79 Å². The van der Waals surface area contributed by atoms with Crippen LogP contribution in [0.1, 0.15) is 27.7 Å². The molecule has 0 radical (unpaired) electrons. The summed E-state index contributed by atoms with van der Waals surface area (Å²) in [6, 6.07) is 2.02. The van der Waals surface area contributed by atoms with Gasteiger partial charge in [0.15, 0.2) is 0 Å². The number of rotatable bonds is 3. The summed E-state index contributed by atoms with van der Waals surface area (Å²) in [6.45, 7) is 7.52. The zero-order chi connectivity index (χ0) is 13.9. The Hall–Kier alpha value is -1.96. The molecule has 0 aliphatic carbocycles. The highest BCUT2D eigenvalue weighted by molar-refractivity contribution is 5.91. The molecule has 0 saturated heterocycles. The number of carbonyl (C=O) groups is 1. The van der Waals surface area contributed by atoms with Gasteiger partial charge < -0.3 is 15.2 Å². The Kier molecular flexibility index (Phi) is 4.38. The molecule has 1 heterocycles. The predicted molar refractivity (Wildman–Crippen MR) is 65.6 cm³/mol. The van der Waals surface area contributed by atoms with Crippen LogP contribution in [0.5, 0.6) is 0 Å². The monoisotopic (exact) mass is 250 g/mol. The summed E-state index contributed by atoms with van der Waals surface area (Å²) in [5, 5.41) is 9.15. The molecule has 1 aliphatic rings. The number of allylic oxidation sites excluding steroid dienone is 2. The third kappa shape index (κ3) is 2.48. The van der Waals surface area contributed by atoms with Gasteiger partial charge in [-0.25, -0.2) is 4.79 Å². The first-order valence-electron chi connectivity index (χ1n) is 5.89. The van der Waals surface area contributed by atoms with Gasteiger partial charge in [0.05, 0.1) is 17.8 Å². The van der Waals surface area contributed by atoms with Gasteiger partial charge in [-0.2, -0.15) is 5.26 Å². The summed E-state index contributed by atoms with van der Waals surface area (Å²) < 4.78 is 10.3. The SMILES string of the molecule is CCOC(=O)C1=C(C)OC(N)=C(C#N)[C@@H]1C(C)C. The van der Waals surface area contributed by atoms with E-state index >= 15 is 0 Å². The molecule has 0 aromatic rings. The minimum atomic E-state index is -0.450. The van der Waals surface area contributed by atoms with Gasteiger partial charge in [-0.15, -0.1) is 0 Å². The average molecular weight is 250 g/mol. The first-order valence-corrected chi connectivity index (χ1v) is 5.89. The Morgan fingerprint density at radius 3 is 2.67 bits per heavy atom. The molecule has 1 atom stereocenters. The predicted octanol–water partition coefficient (Wildman–Crippen LogP) is 1.82. The second-order valence-corrected chi connectivity index (χ2v) is 4.40. The topological polar surface area (TPSA) is 85.3 Å². The van der Waals surface area contributed by atoms with Crippen molar-refractivity contribution < 1.29 is 14.3 Å². The molecule has 0 spiro atoms. The van der Waals surface area contributed by atoms with Crippen LogP contribution in [0.15, 0.2) is 22.8 Å². The van der Waals surface area contributed by atoms with Crippen molar-refractivity contribution in [3.05, 3.63) is 22.8 Å². The van der Waals surface area contributed by atoms with Crippen molar-refractivity contribution in [3.8, 4) is 6.07 Å².